The molecule has 1 rings (SSSR count). The maximum absolute atomic E-state index is 12.0. The molecule has 1 aromatic carbocycles. The van der Waals surface area contributed by atoms with Gasteiger partial charge in [-0.3, -0.25) is 15.4 Å². The predicted octanol–water partition coefficient (Wildman–Crippen LogP) is 1.52. The topological polar surface area (TPSA) is 96.2 Å². The van der Waals surface area contributed by atoms with Gasteiger partial charge in [-0.25, -0.2) is 0 Å². The second-order valence-electron chi connectivity index (χ2n) is 5.04. The van der Waals surface area contributed by atoms with Crippen molar-refractivity contribution in [1.29, 1.82) is 0 Å². The highest BCUT2D eigenvalue weighted by Crippen LogP contribution is 2.19. The van der Waals surface area contributed by atoms with E-state index in [1.165, 1.54) is 6.07 Å². The summed E-state index contributed by atoms with van der Waals surface area (Å²) in [5, 5.41) is 5.89. The van der Waals surface area contributed by atoms with Crippen molar-refractivity contribution in [1.82, 2.24) is 10.6 Å². The van der Waals surface area contributed by atoms with Crippen LogP contribution in [0.3, 0.4) is 0 Å². The third-order valence-corrected chi connectivity index (χ3v) is 2.96. The predicted molar refractivity (Wildman–Crippen MR) is 84.1 cm³/mol. The van der Waals surface area contributed by atoms with E-state index in [1.807, 2.05) is 13.8 Å². The van der Waals surface area contributed by atoms with Gasteiger partial charge in [-0.2, -0.15) is 0 Å². The molecule has 0 saturated carbocycles. The zero-order valence-electron chi connectivity index (χ0n) is 12.2. The van der Waals surface area contributed by atoms with Crippen LogP contribution in [-0.4, -0.2) is 24.9 Å². The van der Waals surface area contributed by atoms with Crippen LogP contribution in [-0.2, 0) is 4.79 Å². The number of anilines is 1. The molecule has 0 bridgehead atoms. The molecule has 1 aromatic rings. The second kappa shape index (κ2) is 8.49. The third kappa shape index (κ3) is 6.01. The van der Waals surface area contributed by atoms with Crippen molar-refractivity contribution in [2.24, 2.45) is 11.8 Å². The van der Waals surface area contributed by atoms with Gasteiger partial charge < -0.3 is 16.1 Å². The van der Waals surface area contributed by atoms with E-state index < -0.39 is 0 Å². The Morgan fingerprint density at radius 2 is 2.00 bits per heavy atom. The Labute approximate surface area is 129 Å². The number of benzene rings is 1. The zero-order valence-corrected chi connectivity index (χ0v) is 13.0. The minimum Gasteiger partial charge on any atom is -0.356 e. The minimum atomic E-state index is -0.331. The summed E-state index contributed by atoms with van der Waals surface area (Å²) in [4.78, 5) is 23.6. The van der Waals surface area contributed by atoms with E-state index in [2.05, 4.69) is 16.1 Å². The number of hydrogen-bond acceptors (Lipinski definition) is 4. The van der Waals surface area contributed by atoms with Gasteiger partial charge in [-0.05, 0) is 24.1 Å². The molecule has 0 saturated heterocycles. The van der Waals surface area contributed by atoms with Crippen LogP contribution >= 0.6 is 11.6 Å². The normalized spacial score (nSPS) is 10.3. The Balaban J connectivity index is 2.47. The molecule has 0 aliphatic carbocycles. The Morgan fingerprint density at radius 1 is 1.29 bits per heavy atom. The lowest BCUT2D eigenvalue weighted by Crippen LogP contribution is -2.32. The first-order chi connectivity index (χ1) is 9.93. The minimum absolute atomic E-state index is 0.0905. The SMILES string of the molecule is CC(C)CNC(=O)CCNC(=O)c1cc(Cl)ccc1NN. The molecule has 0 unspecified atom stereocenters. The van der Waals surface area contributed by atoms with Crippen LogP contribution in [0.5, 0.6) is 0 Å². The zero-order chi connectivity index (χ0) is 15.8. The maximum atomic E-state index is 12.0. The van der Waals surface area contributed by atoms with Gasteiger partial charge in [-0.1, -0.05) is 25.4 Å². The van der Waals surface area contributed by atoms with E-state index in [1.54, 1.807) is 12.1 Å². The van der Waals surface area contributed by atoms with Crippen molar-refractivity contribution < 1.29 is 9.59 Å². The van der Waals surface area contributed by atoms with Crippen LogP contribution in [0.4, 0.5) is 5.69 Å². The molecule has 21 heavy (non-hydrogen) atoms. The summed E-state index contributed by atoms with van der Waals surface area (Å²) >= 11 is 5.86. The number of nitrogen functional groups attached to an aromatic ring is 1. The Bertz CT molecular complexity index is 506. The van der Waals surface area contributed by atoms with E-state index in [4.69, 9.17) is 17.4 Å². The van der Waals surface area contributed by atoms with Crippen molar-refractivity contribution in [3.8, 4) is 0 Å². The number of hydrogen-bond donors (Lipinski definition) is 4. The summed E-state index contributed by atoms with van der Waals surface area (Å²) < 4.78 is 0. The fraction of sp³-hybridized carbons (Fsp3) is 0.429. The summed E-state index contributed by atoms with van der Waals surface area (Å²) in [5.41, 5.74) is 3.25. The molecule has 0 heterocycles. The van der Waals surface area contributed by atoms with Crippen LogP contribution in [0.25, 0.3) is 0 Å². The largest absolute Gasteiger partial charge is 0.356 e. The lowest BCUT2D eigenvalue weighted by atomic mass is 10.1. The number of carbonyl (C=O) groups is 2. The van der Waals surface area contributed by atoms with Crippen LogP contribution in [0.15, 0.2) is 18.2 Å². The molecule has 6 nitrogen and oxygen atoms in total. The van der Waals surface area contributed by atoms with Crippen LogP contribution in [0, 0.1) is 5.92 Å². The summed E-state index contributed by atoms with van der Waals surface area (Å²) in [5.74, 6) is 5.32. The van der Waals surface area contributed by atoms with Gasteiger partial charge in [0, 0.05) is 24.5 Å². The standard InChI is InChI=1S/C14H21ClN4O2/c1-9(2)8-18-13(20)5-6-17-14(21)11-7-10(15)3-4-12(11)19-16/h3-4,7,9,19H,5-6,8,16H2,1-2H3,(H,17,21)(H,18,20). The highest BCUT2D eigenvalue weighted by Gasteiger charge is 2.12. The van der Waals surface area contributed by atoms with E-state index in [0.717, 1.165) is 0 Å². The smallest absolute Gasteiger partial charge is 0.253 e. The first-order valence-electron chi connectivity index (χ1n) is 6.75. The van der Waals surface area contributed by atoms with E-state index in [-0.39, 0.29) is 24.8 Å². The lowest BCUT2D eigenvalue weighted by molar-refractivity contribution is -0.121. The number of halogens is 1. The number of nitrogens with two attached hydrogens (primary N) is 1. The number of nitrogens with one attached hydrogen (secondary N) is 3. The monoisotopic (exact) mass is 312 g/mol. The van der Waals surface area contributed by atoms with Gasteiger partial charge in [0.25, 0.3) is 5.91 Å². The second-order valence-corrected chi connectivity index (χ2v) is 5.47. The van der Waals surface area contributed by atoms with Gasteiger partial charge in [0.05, 0.1) is 11.3 Å². The highest BCUT2D eigenvalue weighted by molar-refractivity contribution is 6.31. The van der Waals surface area contributed by atoms with Gasteiger partial charge in [0.15, 0.2) is 0 Å². The van der Waals surface area contributed by atoms with Crippen molar-refractivity contribution in [3.05, 3.63) is 28.8 Å². The third-order valence-electron chi connectivity index (χ3n) is 2.73. The van der Waals surface area contributed by atoms with Crippen molar-refractivity contribution in [3.63, 3.8) is 0 Å². The Morgan fingerprint density at radius 3 is 2.62 bits per heavy atom. The number of amides is 2. The maximum Gasteiger partial charge on any atom is 0.253 e. The van der Waals surface area contributed by atoms with Crippen LogP contribution in [0.2, 0.25) is 5.02 Å². The van der Waals surface area contributed by atoms with Crippen molar-refractivity contribution in [2.45, 2.75) is 20.3 Å². The van der Waals surface area contributed by atoms with E-state index in [0.29, 0.717) is 28.7 Å². The van der Waals surface area contributed by atoms with Crippen LogP contribution in [0.1, 0.15) is 30.6 Å². The number of carbonyl (C=O) groups excluding carboxylic acids is 2. The number of rotatable bonds is 7. The Kier molecular flexibility index (Phi) is 6.98. The summed E-state index contributed by atoms with van der Waals surface area (Å²) in [7, 11) is 0. The molecule has 0 atom stereocenters. The molecule has 0 spiro atoms. The summed E-state index contributed by atoms with van der Waals surface area (Å²) in [6, 6.07) is 4.77. The summed E-state index contributed by atoms with van der Waals surface area (Å²) in [6.45, 7) is 4.91. The number of hydrazine groups is 1. The molecule has 0 fully saturated rings. The van der Waals surface area contributed by atoms with Crippen LogP contribution < -0.4 is 21.9 Å². The molecule has 2 amide bonds. The molecule has 116 valence electrons. The molecular weight excluding hydrogens is 292 g/mol. The average Bonchev–Trinajstić information content (AvgIpc) is 2.44. The fourth-order valence-corrected chi connectivity index (χ4v) is 1.79. The lowest BCUT2D eigenvalue weighted by Gasteiger charge is -2.11. The molecule has 0 radical (unpaired) electrons. The molecular formula is C14H21ClN4O2. The first kappa shape index (κ1) is 17.3. The van der Waals surface area contributed by atoms with Crippen molar-refractivity contribution >= 4 is 29.1 Å². The Hall–Kier alpha value is -1.79. The highest BCUT2D eigenvalue weighted by atomic mass is 35.5. The van der Waals surface area contributed by atoms with Gasteiger partial charge in [0.1, 0.15) is 0 Å². The van der Waals surface area contributed by atoms with E-state index >= 15 is 0 Å². The molecule has 7 heteroatoms. The summed E-state index contributed by atoms with van der Waals surface area (Å²) in [6.07, 6.45) is 0.227. The molecule has 0 aliphatic heterocycles. The first-order valence-corrected chi connectivity index (χ1v) is 7.13. The van der Waals surface area contributed by atoms with E-state index in [9.17, 15) is 9.59 Å². The average molecular weight is 313 g/mol. The fourth-order valence-electron chi connectivity index (χ4n) is 1.62. The molecule has 5 N–H and O–H groups in total. The van der Waals surface area contributed by atoms with Gasteiger partial charge in [-0.15, -0.1) is 0 Å². The van der Waals surface area contributed by atoms with Crippen molar-refractivity contribution in [2.75, 3.05) is 18.5 Å². The molecule has 0 aliphatic rings. The molecule has 0 aromatic heterocycles. The van der Waals surface area contributed by atoms with Gasteiger partial charge in [0.2, 0.25) is 5.91 Å². The quantitative estimate of drug-likeness (QED) is 0.453. The van der Waals surface area contributed by atoms with Gasteiger partial charge >= 0.3 is 0 Å².